The Morgan fingerprint density at radius 1 is 1.00 bits per heavy atom. The van der Waals surface area contributed by atoms with E-state index >= 15 is 8.78 Å². The van der Waals surface area contributed by atoms with Gasteiger partial charge in [-0.1, -0.05) is 35.4 Å². The first kappa shape index (κ1) is 41.3. The number of carbonyl (C=O) groups excluding carboxylic acids is 2. The molecule has 4 N–H and O–H groups in total. The summed E-state index contributed by atoms with van der Waals surface area (Å²) in [5, 5.41) is 34.5. The third kappa shape index (κ3) is 7.85. The molecule has 0 saturated heterocycles. The Hall–Kier alpha value is -5.88. The van der Waals surface area contributed by atoms with Crippen molar-refractivity contribution in [2.24, 2.45) is 13.0 Å². The number of amides is 2. The van der Waals surface area contributed by atoms with Gasteiger partial charge in [0.1, 0.15) is 52.4 Å². The number of pyridine rings is 1. The van der Waals surface area contributed by atoms with Gasteiger partial charge in [0.2, 0.25) is 5.91 Å². The fourth-order valence-electron chi connectivity index (χ4n) is 7.12. The highest BCUT2D eigenvalue weighted by Gasteiger charge is 2.60. The summed E-state index contributed by atoms with van der Waals surface area (Å²) in [6.45, 7) is 4.46. The predicted molar refractivity (Wildman–Crippen MR) is 203 cm³/mol. The van der Waals surface area contributed by atoms with Gasteiger partial charge in [-0.25, -0.2) is 22.5 Å². The highest BCUT2D eigenvalue weighted by Crippen LogP contribution is 2.57. The molecule has 11 nitrogen and oxygen atoms in total. The van der Waals surface area contributed by atoms with Crippen LogP contribution in [0.1, 0.15) is 80.0 Å². The van der Waals surface area contributed by atoms with Crippen molar-refractivity contribution in [1.29, 1.82) is 0 Å². The lowest BCUT2D eigenvalue weighted by Crippen LogP contribution is -2.36. The van der Waals surface area contributed by atoms with Crippen LogP contribution in [0.25, 0.3) is 22.0 Å². The van der Waals surface area contributed by atoms with Crippen molar-refractivity contribution >= 4 is 40.1 Å². The lowest BCUT2D eigenvalue weighted by Gasteiger charge is -2.24. The standard InChI is InChI=1S/C41H34ClF6N7O4/c1-39(2,58)13-12-22-6-7-23(24-9-11-27(42)31-34(24)54(5)53-37(31)51-38(57)40(3,4)59)32(49-22)28(16-19-14-20(43)17-21(44)15-19)50-29(56)18-55-35-30(33(52-55)36(45)46)25-8-10-26(25)41(35,47)48/h6-7,9,11,14-15,17,25-26,28,36,58-59H,16,18H2,1-5H3,(H,50,56)(H,51,53,57)/t25-,26+,28-/m0/s1. The minimum Gasteiger partial charge on any atom is -0.381 e. The summed E-state index contributed by atoms with van der Waals surface area (Å²) in [5.41, 5.74) is -4.38. The molecule has 7 rings (SSSR count). The molecular weight excluding hydrogens is 804 g/mol. The third-order valence-electron chi connectivity index (χ3n) is 9.73. The largest absolute Gasteiger partial charge is 0.381 e. The van der Waals surface area contributed by atoms with Crippen LogP contribution in [0.3, 0.4) is 0 Å². The molecule has 2 aliphatic carbocycles. The average Bonchev–Trinajstić information content (AvgIpc) is 3.68. The first-order chi connectivity index (χ1) is 27.5. The SMILES string of the molecule is Cn1nc(NC(=O)C(C)(C)O)c2c(Cl)ccc(-c3ccc(C#CC(C)(C)O)nc3[C@H](Cc3cc(F)cc(F)c3)NC(=O)Cn3nc(C(F)F)c4c3C(F)(F)[C@@H]3C#C[C@H]43)c21. The number of aryl methyl sites for hydroxylation is 1. The molecule has 0 radical (unpaired) electrons. The minimum absolute atomic E-state index is 0.00528. The highest BCUT2D eigenvalue weighted by atomic mass is 35.5. The molecule has 3 heterocycles. The predicted octanol–water partition coefficient (Wildman–Crippen LogP) is 6.46. The zero-order chi connectivity index (χ0) is 42.9. The number of hydrogen-bond donors (Lipinski definition) is 4. The molecule has 0 fully saturated rings. The zero-order valence-corrected chi connectivity index (χ0v) is 32.6. The number of fused-ring (bicyclic) bond motifs is 4. The Balaban J connectivity index is 1.38. The number of aromatic nitrogens is 5. The zero-order valence-electron chi connectivity index (χ0n) is 31.9. The summed E-state index contributed by atoms with van der Waals surface area (Å²) in [6.07, 6.45) is -3.60. The molecule has 18 heteroatoms. The number of hydrogen-bond acceptors (Lipinski definition) is 7. The van der Waals surface area contributed by atoms with Gasteiger partial charge in [-0.15, -0.1) is 0 Å². The molecule has 3 aromatic heterocycles. The number of benzene rings is 2. The van der Waals surface area contributed by atoms with Crippen LogP contribution in [-0.4, -0.2) is 57.8 Å². The van der Waals surface area contributed by atoms with Crippen molar-refractivity contribution in [1.82, 2.24) is 29.9 Å². The van der Waals surface area contributed by atoms with Crippen molar-refractivity contribution in [3.8, 4) is 34.8 Å². The van der Waals surface area contributed by atoms with Gasteiger partial charge in [0.05, 0.1) is 33.6 Å². The van der Waals surface area contributed by atoms with E-state index in [-0.39, 0.29) is 45.2 Å². The summed E-state index contributed by atoms with van der Waals surface area (Å²) in [7, 11) is 1.55. The van der Waals surface area contributed by atoms with Crippen molar-refractivity contribution in [2.75, 3.05) is 5.32 Å². The van der Waals surface area contributed by atoms with Crippen LogP contribution in [0.15, 0.2) is 42.5 Å². The molecule has 5 aromatic rings. The molecule has 306 valence electrons. The third-order valence-corrected chi connectivity index (χ3v) is 10.0. The van der Waals surface area contributed by atoms with Gasteiger partial charge in [0, 0.05) is 29.8 Å². The smallest absolute Gasteiger partial charge is 0.304 e. The van der Waals surface area contributed by atoms with Crippen LogP contribution in [0.5, 0.6) is 0 Å². The van der Waals surface area contributed by atoms with E-state index in [0.29, 0.717) is 21.8 Å². The second-order valence-corrected chi connectivity index (χ2v) is 15.7. The van der Waals surface area contributed by atoms with Crippen LogP contribution in [-0.2, 0) is 35.5 Å². The van der Waals surface area contributed by atoms with Crippen molar-refractivity contribution in [3.05, 3.63) is 93.0 Å². The lowest BCUT2D eigenvalue weighted by molar-refractivity contribution is -0.130. The van der Waals surface area contributed by atoms with Gasteiger partial charge in [0.15, 0.2) is 5.82 Å². The topological polar surface area (TPSA) is 147 Å². The van der Waals surface area contributed by atoms with Crippen molar-refractivity contribution < 1.29 is 46.1 Å². The van der Waals surface area contributed by atoms with Crippen molar-refractivity contribution in [2.45, 2.75) is 76.2 Å². The highest BCUT2D eigenvalue weighted by molar-refractivity contribution is 6.37. The van der Waals surface area contributed by atoms with E-state index in [1.54, 1.807) is 19.2 Å². The fraction of sp³-hybridized carbons (Fsp3) is 0.341. The molecule has 0 saturated carbocycles. The van der Waals surface area contributed by atoms with Gasteiger partial charge in [0.25, 0.3) is 12.3 Å². The number of halogens is 7. The molecule has 2 aromatic carbocycles. The molecule has 0 aliphatic heterocycles. The molecule has 59 heavy (non-hydrogen) atoms. The number of nitrogens with one attached hydrogen (secondary N) is 2. The maximum Gasteiger partial charge on any atom is 0.304 e. The maximum absolute atomic E-state index is 15.6. The molecule has 2 aliphatic rings. The number of aliphatic hydroxyl groups is 2. The molecule has 0 spiro atoms. The van der Waals surface area contributed by atoms with Gasteiger partial charge < -0.3 is 20.8 Å². The number of carbonyl (C=O) groups is 2. The molecule has 0 bridgehead atoms. The second kappa shape index (κ2) is 14.7. The van der Waals surface area contributed by atoms with Crippen LogP contribution in [0.2, 0.25) is 5.02 Å². The van der Waals surface area contributed by atoms with Crippen LogP contribution in [0.4, 0.5) is 32.2 Å². The molecule has 2 amide bonds. The van der Waals surface area contributed by atoms with E-state index in [4.69, 9.17) is 16.6 Å². The number of alkyl halides is 4. The average molecular weight is 838 g/mol. The summed E-state index contributed by atoms with van der Waals surface area (Å²) in [4.78, 5) is 31.5. The summed E-state index contributed by atoms with van der Waals surface area (Å²) >= 11 is 6.66. The normalized spacial score (nSPS) is 17.0. The lowest BCUT2D eigenvalue weighted by atomic mass is 9.84. The van der Waals surface area contributed by atoms with Crippen molar-refractivity contribution in [3.63, 3.8) is 0 Å². The Labute approximate surface area is 337 Å². The van der Waals surface area contributed by atoms with Crippen LogP contribution < -0.4 is 10.6 Å². The van der Waals surface area contributed by atoms with E-state index in [2.05, 4.69) is 44.5 Å². The van der Waals surface area contributed by atoms with Gasteiger partial charge in [-0.3, -0.25) is 19.0 Å². The molecule has 0 unspecified atom stereocenters. The van der Waals surface area contributed by atoms with E-state index < -0.39 is 88.4 Å². The van der Waals surface area contributed by atoms with E-state index in [1.165, 1.54) is 44.5 Å². The minimum atomic E-state index is -3.69. The Bertz CT molecular complexity index is 2680. The Morgan fingerprint density at radius 3 is 2.29 bits per heavy atom. The quantitative estimate of drug-likeness (QED) is 0.0934. The van der Waals surface area contributed by atoms with Crippen LogP contribution in [0, 0.1) is 41.2 Å². The van der Waals surface area contributed by atoms with Gasteiger partial charge in [-0.2, -0.15) is 19.0 Å². The van der Waals surface area contributed by atoms with Crippen LogP contribution >= 0.6 is 11.6 Å². The first-order valence-corrected chi connectivity index (χ1v) is 18.4. The molecule has 3 atom stereocenters. The van der Waals surface area contributed by atoms with E-state index in [0.717, 1.165) is 12.1 Å². The van der Waals surface area contributed by atoms with E-state index in [1.807, 2.05) is 0 Å². The molecular formula is C41H34ClF6N7O4. The number of rotatable bonds is 10. The first-order valence-electron chi connectivity index (χ1n) is 18.0. The Kier molecular flexibility index (Phi) is 10.3. The number of nitrogens with zero attached hydrogens (tertiary/aromatic N) is 5. The summed E-state index contributed by atoms with van der Waals surface area (Å²) < 4.78 is 90.5. The van der Waals surface area contributed by atoms with Gasteiger partial charge in [-0.05, 0) is 75.9 Å². The fourth-order valence-corrected chi connectivity index (χ4v) is 7.36. The summed E-state index contributed by atoms with van der Waals surface area (Å²) in [5.74, 6) is 0.121. The van der Waals surface area contributed by atoms with E-state index in [9.17, 15) is 37.4 Å². The maximum atomic E-state index is 15.6. The van der Waals surface area contributed by atoms with Gasteiger partial charge >= 0.3 is 5.92 Å². The monoisotopic (exact) mass is 837 g/mol. The Morgan fingerprint density at radius 2 is 1.68 bits per heavy atom. The second-order valence-electron chi connectivity index (χ2n) is 15.3. The number of anilines is 1. The summed E-state index contributed by atoms with van der Waals surface area (Å²) in [6, 6.07) is 7.50.